The van der Waals surface area contributed by atoms with Gasteiger partial charge in [0.15, 0.2) is 0 Å². The first-order chi connectivity index (χ1) is 17.4. The number of nitrogens with two attached hydrogens (primary N) is 1. The third-order valence-electron chi connectivity index (χ3n) is 6.40. The van der Waals surface area contributed by atoms with Crippen LogP contribution in [-0.2, 0) is 4.79 Å². The van der Waals surface area contributed by atoms with Gasteiger partial charge < -0.3 is 26.3 Å². The van der Waals surface area contributed by atoms with E-state index in [2.05, 4.69) is 30.5 Å². The van der Waals surface area contributed by atoms with Crippen LogP contribution in [0.4, 0.5) is 27.3 Å². The highest BCUT2D eigenvalue weighted by atomic mass is 19.1. The molecule has 3 heterocycles. The summed E-state index contributed by atoms with van der Waals surface area (Å²) in [4.78, 5) is 39.8. The van der Waals surface area contributed by atoms with Crippen LogP contribution in [0.25, 0.3) is 11.0 Å². The van der Waals surface area contributed by atoms with Crippen molar-refractivity contribution in [2.75, 3.05) is 34.4 Å². The SMILES string of the molecule is Cc1c[nH]c2ncnc(N3CCC(C(=O)Nc4cc(N)cc(C(=O)Nc5ccc(F)cc5)c4)CC3)c12. The first-order valence-corrected chi connectivity index (χ1v) is 11.7. The second-order valence-corrected chi connectivity index (χ2v) is 8.95. The highest BCUT2D eigenvalue weighted by Gasteiger charge is 2.27. The number of piperidine rings is 1. The number of carbonyl (C=O) groups excluding carboxylic acids is 2. The van der Waals surface area contributed by atoms with Gasteiger partial charge in [-0.1, -0.05) is 0 Å². The molecule has 0 unspecified atom stereocenters. The monoisotopic (exact) mass is 487 g/mol. The first-order valence-electron chi connectivity index (χ1n) is 11.7. The van der Waals surface area contributed by atoms with Gasteiger partial charge in [-0.2, -0.15) is 0 Å². The zero-order valence-corrected chi connectivity index (χ0v) is 19.7. The first kappa shape index (κ1) is 23.3. The number of carbonyl (C=O) groups is 2. The van der Waals surface area contributed by atoms with Gasteiger partial charge in [0.2, 0.25) is 5.91 Å². The van der Waals surface area contributed by atoms with Gasteiger partial charge in [-0.25, -0.2) is 14.4 Å². The number of hydrogen-bond donors (Lipinski definition) is 4. The number of anilines is 4. The highest BCUT2D eigenvalue weighted by molar-refractivity contribution is 6.06. The lowest BCUT2D eigenvalue weighted by atomic mass is 9.95. The summed E-state index contributed by atoms with van der Waals surface area (Å²) in [5, 5.41) is 6.62. The number of nitrogen functional groups attached to an aromatic ring is 1. The van der Waals surface area contributed by atoms with Gasteiger partial charge in [-0.05, 0) is 67.8 Å². The Morgan fingerprint density at radius 1 is 1.06 bits per heavy atom. The van der Waals surface area contributed by atoms with Gasteiger partial charge in [0, 0.05) is 47.8 Å². The molecule has 0 aliphatic carbocycles. The smallest absolute Gasteiger partial charge is 0.255 e. The second kappa shape index (κ2) is 9.65. The summed E-state index contributed by atoms with van der Waals surface area (Å²) in [6.45, 7) is 3.40. The van der Waals surface area contributed by atoms with Gasteiger partial charge in [-0.3, -0.25) is 9.59 Å². The Kier molecular flexibility index (Phi) is 6.24. The number of hydrogen-bond acceptors (Lipinski definition) is 6. The maximum absolute atomic E-state index is 13.1. The molecule has 0 atom stereocenters. The molecule has 10 heteroatoms. The molecule has 0 saturated carbocycles. The Hall–Kier alpha value is -4.47. The maximum atomic E-state index is 13.1. The Bertz CT molecular complexity index is 1430. The van der Waals surface area contributed by atoms with Crippen LogP contribution in [0.15, 0.2) is 55.0 Å². The minimum absolute atomic E-state index is 0.115. The number of rotatable bonds is 5. The summed E-state index contributed by atoms with van der Waals surface area (Å²) in [5.41, 5.74) is 9.43. The van der Waals surface area contributed by atoms with E-state index >= 15 is 0 Å². The molecule has 1 fully saturated rings. The van der Waals surface area contributed by atoms with E-state index in [4.69, 9.17) is 5.73 Å². The third-order valence-corrected chi connectivity index (χ3v) is 6.40. The molecule has 5 rings (SSSR count). The molecule has 0 spiro atoms. The molecule has 2 aromatic heterocycles. The zero-order chi connectivity index (χ0) is 25.2. The number of nitrogens with one attached hydrogen (secondary N) is 3. The fraction of sp³-hybridized carbons (Fsp3) is 0.231. The van der Waals surface area contributed by atoms with Crippen LogP contribution in [0.1, 0.15) is 28.8 Å². The second-order valence-electron chi connectivity index (χ2n) is 8.95. The van der Waals surface area contributed by atoms with Crippen molar-refractivity contribution < 1.29 is 14.0 Å². The lowest BCUT2D eigenvalue weighted by molar-refractivity contribution is -0.120. The van der Waals surface area contributed by atoms with Crippen LogP contribution in [-0.4, -0.2) is 39.9 Å². The van der Waals surface area contributed by atoms with E-state index in [1.54, 1.807) is 18.5 Å². The lowest BCUT2D eigenvalue weighted by Gasteiger charge is -2.32. The molecule has 1 saturated heterocycles. The van der Waals surface area contributed by atoms with Crippen molar-refractivity contribution in [3.63, 3.8) is 0 Å². The maximum Gasteiger partial charge on any atom is 0.255 e. The number of aryl methyl sites for hydroxylation is 1. The average Bonchev–Trinajstić information content (AvgIpc) is 3.26. The fourth-order valence-corrected chi connectivity index (χ4v) is 4.53. The number of halogens is 1. The molecule has 36 heavy (non-hydrogen) atoms. The fourth-order valence-electron chi connectivity index (χ4n) is 4.53. The summed E-state index contributed by atoms with van der Waals surface area (Å²) in [5.74, 6) is -0.212. The molecule has 0 radical (unpaired) electrons. The Balaban J connectivity index is 1.23. The molecule has 4 aromatic rings. The number of amides is 2. The van der Waals surface area contributed by atoms with Crippen LogP contribution < -0.4 is 21.3 Å². The van der Waals surface area contributed by atoms with Crippen LogP contribution >= 0.6 is 0 Å². The minimum atomic E-state index is -0.408. The molecule has 5 N–H and O–H groups in total. The van der Waals surface area contributed by atoms with E-state index in [-0.39, 0.29) is 11.8 Å². The van der Waals surface area contributed by atoms with Crippen molar-refractivity contribution in [2.24, 2.45) is 5.92 Å². The predicted octanol–water partition coefficient (Wildman–Crippen LogP) is 4.10. The quantitative estimate of drug-likeness (QED) is 0.314. The van der Waals surface area contributed by atoms with Crippen molar-refractivity contribution in [1.82, 2.24) is 15.0 Å². The van der Waals surface area contributed by atoms with E-state index in [0.29, 0.717) is 48.6 Å². The molecule has 2 amide bonds. The minimum Gasteiger partial charge on any atom is -0.399 e. The third kappa shape index (κ3) is 4.83. The van der Waals surface area contributed by atoms with Crippen LogP contribution in [0.5, 0.6) is 0 Å². The summed E-state index contributed by atoms with van der Waals surface area (Å²) in [7, 11) is 0. The van der Waals surface area contributed by atoms with Crippen LogP contribution in [0.3, 0.4) is 0 Å². The number of benzene rings is 2. The van der Waals surface area contributed by atoms with Gasteiger partial charge in [0.1, 0.15) is 23.6 Å². The molecule has 184 valence electrons. The topological polar surface area (TPSA) is 129 Å². The molecule has 9 nitrogen and oxygen atoms in total. The summed E-state index contributed by atoms with van der Waals surface area (Å²) < 4.78 is 13.1. The summed E-state index contributed by atoms with van der Waals surface area (Å²) >= 11 is 0. The predicted molar refractivity (Wildman–Crippen MR) is 137 cm³/mol. The van der Waals surface area contributed by atoms with E-state index < -0.39 is 11.7 Å². The normalized spacial score (nSPS) is 14.1. The number of aromatic nitrogens is 3. The molecule has 1 aliphatic heterocycles. The number of H-pyrrole nitrogens is 1. The van der Waals surface area contributed by atoms with E-state index in [1.165, 1.54) is 30.3 Å². The molecular weight excluding hydrogens is 461 g/mol. The summed E-state index contributed by atoms with van der Waals surface area (Å²) in [6.07, 6.45) is 4.81. The van der Waals surface area contributed by atoms with E-state index in [0.717, 1.165) is 22.4 Å². The van der Waals surface area contributed by atoms with Gasteiger partial charge in [-0.15, -0.1) is 0 Å². The van der Waals surface area contributed by atoms with E-state index in [1.807, 2.05) is 13.1 Å². The molecule has 0 bridgehead atoms. The van der Waals surface area contributed by atoms with Crippen molar-refractivity contribution in [1.29, 1.82) is 0 Å². The number of nitrogens with zero attached hydrogens (tertiary/aromatic N) is 3. The summed E-state index contributed by atoms with van der Waals surface area (Å²) in [6, 6.07) is 10.2. The molecule has 2 aromatic carbocycles. The van der Waals surface area contributed by atoms with Crippen molar-refractivity contribution >= 4 is 45.7 Å². The average molecular weight is 488 g/mol. The number of aromatic amines is 1. The largest absolute Gasteiger partial charge is 0.399 e. The zero-order valence-electron chi connectivity index (χ0n) is 19.7. The van der Waals surface area contributed by atoms with Crippen molar-refractivity contribution in [3.05, 3.63) is 71.9 Å². The van der Waals surface area contributed by atoms with Gasteiger partial charge in [0.05, 0.1) is 5.39 Å². The Morgan fingerprint density at radius 3 is 2.56 bits per heavy atom. The molecule has 1 aliphatic rings. The lowest BCUT2D eigenvalue weighted by Crippen LogP contribution is -2.38. The standard InChI is InChI=1S/C26H26FN7O2/c1-15-13-29-23-22(15)24(31-14-30-23)34-8-6-16(7-9-34)25(35)33-21-11-17(10-19(28)12-21)26(36)32-20-4-2-18(27)3-5-20/h2-5,10-14,16H,6-9,28H2,1H3,(H,32,36)(H,33,35)(H,29,30,31). The Morgan fingerprint density at radius 2 is 1.81 bits per heavy atom. The highest BCUT2D eigenvalue weighted by Crippen LogP contribution is 2.30. The Labute approximate surface area is 206 Å². The van der Waals surface area contributed by atoms with Crippen LogP contribution in [0, 0.1) is 18.7 Å². The van der Waals surface area contributed by atoms with Crippen molar-refractivity contribution in [3.8, 4) is 0 Å². The number of fused-ring (bicyclic) bond motifs is 1. The van der Waals surface area contributed by atoms with Gasteiger partial charge in [0.25, 0.3) is 5.91 Å². The van der Waals surface area contributed by atoms with Crippen LogP contribution in [0.2, 0.25) is 0 Å². The molecular formula is C26H26FN7O2. The van der Waals surface area contributed by atoms with E-state index in [9.17, 15) is 14.0 Å². The van der Waals surface area contributed by atoms with Gasteiger partial charge >= 0.3 is 0 Å². The van der Waals surface area contributed by atoms with Crippen molar-refractivity contribution in [2.45, 2.75) is 19.8 Å².